The number of amides is 2. The van der Waals surface area contributed by atoms with E-state index in [1.54, 1.807) is 20.8 Å². The predicted molar refractivity (Wildman–Crippen MR) is 128 cm³/mol. The number of carbonyl (C=O) groups excluding carboxylic acids is 2. The molecule has 2 aromatic rings. The first-order valence-electron chi connectivity index (χ1n) is 10.6. The van der Waals surface area contributed by atoms with Gasteiger partial charge in [-0.15, -0.1) is 0 Å². The molecular formula is C24H29N3O4S. The molecule has 1 heterocycles. The lowest BCUT2D eigenvalue weighted by molar-refractivity contribution is -0.124. The van der Waals surface area contributed by atoms with Gasteiger partial charge in [-0.3, -0.25) is 9.69 Å². The van der Waals surface area contributed by atoms with Crippen LogP contribution < -0.4 is 15.4 Å². The van der Waals surface area contributed by atoms with Crippen LogP contribution in [0.2, 0.25) is 0 Å². The number of carbonyl (C=O) groups is 2. The number of rotatable bonds is 5. The maximum absolute atomic E-state index is 12.7. The molecule has 0 radical (unpaired) electrons. The Morgan fingerprint density at radius 2 is 1.88 bits per heavy atom. The maximum atomic E-state index is 12.7. The number of hydrogen-bond donors (Lipinski definition) is 2. The van der Waals surface area contributed by atoms with Gasteiger partial charge in [0.25, 0.3) is 0 Å². The third-order valence-corrected chi connectivity index (χ3v) is 4.96. The number of benzene rings is 2. The van der Waals surface area contributed by atoms with Crippen molar-refractivity contribution in [3.05, 3.63) is 60.2 Å². The summed E-state index contributed by atoms with van der Waals surface area (Å²) in [7, 11) is 0. The van der Waals surface area contributed by atoms with Crippen LogP contribution in [0.15, 0.2) is 54.6 Å². The zero-order valence-corrected chi connectivity index (χ0v) is 19.4. The fraction of sp³-hybridized carbons (Fsp3) is 0.375. The lowest BCUT2D eigenvalue weighted by Gasteiger charge is -2.28. The van der Waals surface area contributed by atoms with E-state index in [4.69, 9.17) is 21.7 Å². The molecule has 170 valence electrons. The van der Waals surface area contributed by atoms with Crippen molar-refractivity contribution in [2.24, 2.45) is 0 Å². The van der Waals surface area contributed by atoms with Crippen LogP contribution in [0.3, 0.4) is 0 Å². The third kappa shape index (κ3) is 6.95. The number of thiocarbonyl (C=S) groups is 1. The highest BCUT2D eigenvalue weighted by Gasteiger charge is 2.36. The van der Waals surface area contributed by atoms with Crippen molar-refractivity contribution >= 4 is 35.0 Å². The van der Waals surface area contributed by atoms with E-state index < -0.39 is 17.7 Å². The van der Waals surface area contributed by atoms with E-state index in [-0.39, 0.29) is 11.0 Å². The van der Waals surface area contributed by atoms with E-state index in [2.05, 4.69) is 10.6 Å². The Labute approximate surface area is 194 Å². The molecule has 1 fully saturated rings. The third-order valence-electron chi connectivity index (χ3n) is 4.76. The summed E-state index contributed by atoms with van der Waals surface area (Å²) in [4.78, 5) is 26.6. The van der Waals surface area contributed by atoms with Crippen molar-refractivity contribution in [2.75, 3.05) is 11.9 Å². The van der Waals surface area contributed by atoms with Crippen LogP contribution in [0.25, 0.3) is 0 Å². The summed E-state index contributed by atoms with van der Waals surface area (Å²) in [5.41, 5.74) is 1.14. The summed E-state index contributed by atoms with van der Waals surface area (Å²) in [6.45, 7) is 6.33. The van der Waals surface area contributed by atoms with Crippen LogP contribution in [0.4, 0.5) is 10.5 Å². The Morgan fingerprint density at radius 1 is 1.12 bits per heavy atom. The summed E-state index contributed by atoms with van der Waals surface area (Å²) in [5.74, 6) is 0.349. The summed E-state index contributed by atoms with van der Waals surface area (Å²) < 4.78 is 11.2. The van der Waals surface area contributed by atoms with Gasteiger partial charge in [-0.2, -0.15) is 0 Å². The molecule has 0 spiro atoms. The molecule has 7 nitrogen and oxygen atoms in total. The number of anilines is 1. The van der Waals surface area contributed by atoms with Gasteiger partial charge in [0.2, 0.25) is 5.91 Å². The van der Waals surface area contributed by atoms with Crippen LogP contribution in [-0.2, 0) is 16.1 Å². The van der Waals surface area contributed by atoms with Crippen LogP contribution in [0, 0.1) is 0 Å². The first kappa shape index (κ1) is 23.5. The maximum Gasteiger partial charge on any atom is 0.410 e. The fourth-order valence-electron chi connectivity index (χ4n) is 3.34. The minimum Gasteiger partial charge on any atom is -0.489 e. The number of likely N-dealkylation sites (tertiary alicyclic amines) is 1. The molecule has 3 rings (SSSR count). The summed E-state index contributed by atoms with van der Waals surface area (Å²) in [6.07, 6.45) is 0.812. The van der Waals surface area contributed by atoms with Crippen LogP contribution in [0.5, 0.6) is 5.75 Å². The van der Waals surface area contributed by atoms with Gasteiger partial charge in [0.05, 0.1) is 0 Å². The molecule has 0 aliphatic carbocycles. The predicted octanol–water partition coefficient (Wildman–Crippen LogP) is 4.48. The molecule has 1 aliphatic heterocycles. The molecule has 1 saturated heterocycles. The van der Waals surface area contributed by atoms with Crippen molar-refractivity contribution in [3.8, 4) is 5.75 Å². The molecule has 2 amide bonds. The van der Waals surface area contributed by atoms with Gasteiger partial charge in [-0.25, -0.2) is 4.79 Å². The first-order valence-corrected chi connectivity index (χ1v) is 11.0. The Morgan fingerprint density at radius 3 is 2.59 bits per heavy atom. The zero-order valence-electron chi connectivity index (χ0n) is 18.6. The monoisotopic (exact) mass is 455 g/mol. The van der Waals surface area contributed by atoms with Gasteiger partial charge in [-0.1, -0.05) is 36.4 Å². The normalized spacial score (nSPS) is 15.7. The van der Waals surface area contributed by atoms with Crippen LogP contribution in [0.1, 0.15) is 39.2 Å². The minimum absolute atomic E-state index is 0.159. The van der Waals surface area contributed by atoms with Crippen molar-refractivity contribution < 1.29 is 19.1 Å². The number of nitrogens with one attached hydrogen (secondary N) is 2. The van der Waals surface area contributed by atoms with Gasteiger partial charge in [0.15, 0.2) is 5.11 Å². The Bertz CT molecular complexity index is 959. The van der Waals surface area contributed by atoms with Crippen molar-refractivity contribution in [1.29, 1.82) is 0 Å². The highest BCUT2D eigenvalue weighted by Crippen LogP contribution is 2.22. The van der Waals surface area contributed by atoms with Gasteiger partial charge < -0.3 is 20.1 Å². The second kappa shape index (κ2) is 10.5. The van der Waals surface area contributed by atoms with Gasteiger partial charge in [0, 0.05) is 18.3 Å². The Kier molecular flexibility index (Phi) is 7.69. The smallest absolute Gasteiger partial charge is 0.410 e. The van der Waals surface area contributed by atoms with Crippen molar-refractivity contribution in [3.63, 3.8) is 0 Å². The lowest BCUT2D eigenvalue weighted by Crippen LogP contribution is -2.49. The lowest BCUT2D eigenvalue weighted by atomic mass is 10.2. The topological polar surface area (TPSA) is 79.9 Å². The number of nitrogens with zero attached hydrogens (tertiary/aromatic N) is 1. The Balaban J connectivity index is 1.53. The zero-order chi connectivity index (χ0) is 23.1. The molecule has 0 aromatic heterocycles. The van der Waals surface area contributed by atoms with E-state index in [0.717, 1.165) is 12.0 Å². The molecule has 1 atom stereocenters. The molecule has 2 N–H and O–H groups in total. The largest absolute Gasteiger partial charge is 0.489 e. The summed E-state index contributed by atoms with van der Waals surface area (Å²) in [5, 5.41) is 5.85. The highest BCUT2D eigenvalue weighted by atomic mass is 32.1. The second-order valence-corrected chi connectivity index (χ2v) is 8.99. The molecule has 2 aromatic carbocycles. The van der Waals surface area contributed by atoms with E-state index in [1.807, 2.05) is 54.6 Å². The average Bonchev–Trinajstić information content (AvgIpc) is 3.22. The number of hydrogen-bond acceptors (Lipinski definition) is 5. The Hall–Kier alpha value is -3.13. The van der Waals surface area contributed by atoms with Crippen LogP contribution in [-0.4, -0.2) is 40.2 Å². The molecule has 0 bridgehead atoms. The molecular weight excluding hydrogens is 426 g/mol. The average molecular weight is 456 g/mol. The van der Waals surface area contributed by atoms with Gasteiger partial charge in [-0.05, 0) is 63.5 Å². The van der Waals surface area contributed by atoms with Crippen LogP contribution >= 0.6 is 12.2 Å². The van der Waals surface area contributed by atoms with E-state index in [9.17, 15) is 9.59 Å². The first-order chi connectivity index (χ1) is 15.2. The van der Waals surface area contributed by atoms with Gasteiger partial charge in [0.1, 0.15) is 24.0 Å². The minimum atomic E-state index is -0.620. The SMILES string of the molecule is CC(C)(C)OC(=O)N1CCCC1C(=O)NC(=S)Nc1cccc(OCc2ccccc2)c1. The summed E-state index contributed by atoms with van der Waals surface area (Å²) >= 11 is 5.31. The van der Waals surface area contributed by atoms with Crippen molar-refractivity contribution in [1.82, 2.24) is 10.2 Å². The molecule has 1 aliphatic rings. The van der Waals surface area contributed by atoms with E-state index >= 15 is 0 Å². The number of ether oxygens (including phenoxy) is 2. The molecule has 1 unspecified atom stereocenters. The quantitative estimate of drug-likeness (QED) is 0.647. The standard InChI is InChI=1S/C24H29N3O4S/c1-24(2,3)31-23(29)27-14-8-13-20(27)21(28)26-22(32)25-18-11-7-12-19(15-18)30-16-17-9-5-4-6-10-17/h4-7,9-12,15,20H,8,13-14,16H2,1-3H3,(H2,25,26,28,32). The highest BCUT2D eigenvalue weighted by molar-refractivity contribution is 7.80. The van der Waals surface area contributed by atoms with Gasteiger partial charge >= 0.3 is 6.09 Å². The molecule has 8 heteroatoms. The molecule has 0 saturated carbocycles. The summed E-state index contributed by atoms with van der Waals surface area (Å²) in [6, 6.07) is 16.6. The van der Waals surface area contributed by atoms with E-state index in [1.165, 1.54) is 4.90 Å². The second-order valence-electron chi connectivity index (χ2n) is 8.58. The van der Waals surface area contributed by atoms with Crippen molar-refractivity contribution in [2.45, 2.75) is 51.9 Å². The van der Waals surface area contributed by atoms with E-state index in [0.29, 0.717) is 31.0 Å². The molecule has 32 heavy (non-hydrogen) atoms. The fourth-order valence-corrected chi connectivity index (χ4v) is 3.56.